The minimum atomic E-state index is -0.501. The number of carbonyl (C=O) groups excluding carboxylic acids is 1. The maximum absolute atomic E-state index is 11.9. The van der Waals surface area contributed by atoms with Gasteiger partial charge in [-0.25, -0.2) is 0 Å². The van der Waals surface area contributed by atoms with Gasteiger partial charge in [-0.3, -0.25) is 14.9 Å². The van der Waals surface area contributed by atoms with E-state index in [2.05, 4.69) is 5.32 Å². The first-order chi connectivity index (χ1) is 10.1. The van der Waals surface area contributed by atoms with Gasteiger partial charge in [0, 0.05) is 17.3 Å². The quantitative estimate of drug-likeness (QED) is 0.651. The van der Waals surface area contributed by atoms with Crippen molar-refractivity contribution in [2.45, 2.75) is 13.0 Å². The molecule has 0 aromatic heterocycles. The topological polar surface area (TPSA) is 92.5 Å². The largest absolute Gasteiger partial charge is 0.392 e. The van der Waals surface area contributed by atoms with Crippen molar-refractivity contribution in [1.82, 2.24) is 0 Å². The molecule has 0 bridgehead atoms. The van der Waals surface area contributed by atoms with E-state index in [1.54, 1.807) is 42.5 Å². The molecule has 2 aromatic carbocycles. The highest BCUT2D eigenvalue weighted by Crippen LogP contribution is 2.19. The molecule has 0 saturated carbocycles. The number of hydrogen-bond donors (Lipinski definition) is 2. The van der Waals surface area contributed by atoms with E-state index in [4.69, 9.17) is 5.11 Å². The number of anilines is 1. The van der Waals surface area contributed by atoms with Gasteiger partial charge in [-0.15, -0.1) is 0 Å². The maximum atomic E-state index is 11.9. The molecule has 21 heavy (non-hydrogen) atoms. The first-order valence-electron chi connectivity index (χ1n) is 6.32. The second-order valence-corrected chi connectivity index (χ2v) is 4.47. The van der Waals surface area contributed by atoms with Gasteiger partial charge in [0.2, 0.25) is 5.91 Å². The highest BCUT2D eigenvalue weighted by atomic mass is 16.6. The fourth-order valence-electron chi connectivity index (χ4n) is 1.91. The van der Waals surface area contributed by atoms with Crippen LogP contribution in [-0.4, -0.2) is 15.9 Å². The van der Waals surface area contributed by atoms with Gasteiger partial charge in [-0.05, 0) is 17.7 Å². The Kier molecular flexibility index (Phi) is 4.63. The number of benzene rings is 2. The third-order valence-electron chi connectivity index (χ3n) is 2.96. The predicted molar refractivity (Wildman–Crippen MR) is 77.8 cm³/mol. The predicted octanol–water partition coefficient (Wildman–Crippen LogP) is 2.27. The lowest BCUT2D eigenvalue weighted by Crippen LogP contribution is -2.15. The van der Waals surface area contributed by atoms with Gasteiger partial charge >= 0.3 is 0 Å². The summed E-state index contributed by atoms with van der Waals surface area (Å²) < 4.78 is 0. The SMILES string of the molecule is O=C(Cc1ccccc1[N+](=O)[O-])Nc1ccc(CO)cc1. The van der Waals surface area contributed by atoms with Crippen LogP contribution in [0.4, 0.5) is 11.4 Å². The number of nitro groups is 1. The summed E-state index contributed by atoms with van der Waals surface area (Å²) in [7, 11) is 0. The van der Waals surface area contributed by atoms with Crippen molar-refractivity contribution in [1.29, 1.82) is 0 Å². The summed E-state index contributed by atoms with van der Waals surface area (Å²) >= 11 is 0. The highest BCUT2D eigenvalue weighted by molar-refractivity contribution is 5.92. The van der Waals surface area contributed by atoms with Crippen LogP contribution in [0.2, 0.25) is 0 Å². The van der Waals surface area contributed by atoms with Crippen molar-refractivity contribution in [2.75, 3.05) is 5.32 Å². The average molecular weight is 286 g/mol. The molecule has 0 aliphatic heterocycles. The summed E-state index contributed by atoms with van der Waals surface area (Å²) in [5, 5.41) is 22.5. The summed E-state index contributed by atoms with van der Waals surface area (Å²) in [5.41, 5.74) is 1.62. The number of carbonyl (C=O) groups is 1. The van der Waals surface area contributed by atoms with Crippen LogP contribution in [0.3, 0.4) is 0 Å². The van der Waals surface area contributed by atoms with Crippen LogP contribution >= 0.6 is 0 Å². The van der Waals surface area contributed by atoms with E-state index in [1.165, 1.54) is 6.07 Å². The van der Waals surface area contributed by atoms with Gasteiger partial charge in [-0.2, -0.15) is 0 Å². The molecule has 2 N–H and O–H groups in total. The molecule has 0 aliphatic carbocycles. The Labute approximate surface area is 121 Å². The fourth-order valence-corrected chi connectivity index (χ4v) is 1.91. The van der Waals surface area contributed by atoms with Crippen LogP contribution < -0.4 is 5.32 Å². The number of hydrogen-bond acceptors (Lipinski definition) is 4. The van der Waals surface area contributed by atoms with Gasteiger partial charge in [0.25, 0.3) is 5.69 Å². The zero-order valence-corrected chi connectivity index (χ0v) is 11.2. The third kappa shape index (κ3) is 3.87. The molecule has 6 heteroatoms. The molecular formula is C15H14N2O4. The molecule has 0 unspecified atom stereocenters. The number of nitro benzene ring substituents is 1. The molecule has 0 heterocycles. The van der Waals surface area contributed by atoms with Gasteiger partial charge in [0.05, 0.1) is 18.0 Å². The van der Waals surface area contributed by atoms with Gasteiger partial charge in [0.15, 0.2) is 0 Å². The lowest BCUT2D eigenvalue weighted by Gasteiger charge is -2.06. The summed E-state index contributed by atoms with van der Waals surface area (Å²) in [6, 6.07) is 12.9. The van der Waals surface area contributed by atoms with Crippen molar-refractivity contribution in [3.8, 4) is 0 Å². The molecule has 108 valence electrons. The molecule has 6 nitrogen and oxygen atoms in total. The molecule has 2 rings (SSSR count). The molecule has 0 saturated heterocycles. The van der Waals surface area contributed by atoms with Crippen molar-refractivity contribution < 1.29 is 14.8 Å². The Hall–Kier alpha value is -2.73. The van der Waals surface area contributed by atoms with Crippen LogP contribution in [0.25, 0.3) is 0 Å². The van der Waals surface area contributed by atoms with E-state index >= 15 is 0 Å². The Morgan fingerprint density at radius 1 is 1.14 bits per heavy atom. The summed E-state index contributed by atoms with van der Waals surface area (Å²) in [6.45, 7) is -0.0650. The number of amides is 1. The molecule has 0 aliphatic rings. The number of rotatable bonds is 5. The fraction of sp³-hybridized carbons (Fsp3) is 0.133. The standard InChI is InChI=1S/C15H14N2O4/c18-10-11-5-7-13(8-6-11)16-15(19)9-12-3-1-2-4-14(12)17(20)21/h1-8,18H,9-10H2,(H,16,19). The van der Waals surface area contributed by atoms with Crippen molar-refractivity contribution >= 4 is 17.3 Å². The average Bonchev–Trinajstić information content (AvgIpc) is 2.48. The third-order valence-corrected chi connectivity index (χ3v) is 2.96. The molecular weight excluding hydrogens is 272 g/mol. The number of aliphatic hydroxyl groups excluding tert-OH is 1. The number of nitrogens with one attached hydrogen (secondary N) is 1. The lowest BCUT2D eigenvalue weighted by atomic mass is 10.1. The minimum absolute atomic E-state index is 0.0650. The molecule has 0 atom stereocenters. The smallest absolute Gasteiger partial charge is 0.273 e. The normalized spacial score (nSPS) is 10.1. The number of aliphatic hydroxyl groups is 1. The number of para-hydroxylation sites is 1. The minimum Gasteiger partial charge on any atom is -0.392 e. The van der Waals surface area contributed by atoms with Crippen LogP contribution in [0.5, 0.6) is 0 Å². The van der Waals surface area contributed by atoms with Gasteiger partial charge in [-0.1, -0.05) is 30.3 Å². The van der Waals surface area contributed by atoms with E-state index in [-0.39, 0.29) is 24.6 Å². The summed E-state index contributed by atoms with van der Waals surface area (Å²) in [4.78, 5) is 22.3. The molecule has 2 aromatic rings. The lowest BCUT2D eigenvalue weighted by molar-refractivity contribution is -0.385. The summed E-state index contributed by atoms with van der Waals surface area (Å²) in [5.74, 6) is -0.332. The first-order valence-corrected chi connectivity index (χ1v) is 6.32. The first kappa shape index (κ1) is 14.7. The maximum Gasteiger partial charge on any atom is 0.273 e. The zero-order chi connectivity index (χ0) is 15.2. The van der Waals surface area contributed by atoms with Crippen LogP contribution in [0, 0.1) is 10.1 Å². The van der Waals surface area contributed by atoms with E-state index in [1.807, 2.05) is 0 Å². The Morgan fingerprint density at radius 2 is 1.81 bits per heavy atom. The van der Waals surface area contributed by atoms with Crippen LogP contribution in [-0.2, 0) is 17.8 Å². The van der Waals surface area contributed by atoms with E-state index in [0.29, 0.717) is 11.3 Å². The highest BCUT2D eigenvalue weighted by Gasteiger charge is 2.15. The molecule has 0 spiro atoms. The van der Waals surface area contributed by atoms with Crippen molar-refractivity contribution in [2.24, 2.45) is 0 Å². The number of nitrogens with zero attached hydrogens (tertiary/aromatic N) is 1. The van der Waals surface area contributed by atoms with Crippen LogP contribution in [0.1, 0.15) is 11.1 Å². The second-order valence-electron chi connectivity index (χ2n) is 4.47. The Morgan fingerprint density at radius 3 is 2.43 bits per heavy atom. The van der Waals surface area contributed by atoms with Crippen molar-refractivity contribution in [3.63, 3.8) is 0 Å². The molecule has 1 amide bonds. The Balaban J connectivity index is 2.06. The Bertz CT molecular complexity index is 653. The van der Waals surface area contributed by atoms with E-state index < -0.39 is 4.92 Å². The zero-order valence-electron chi connectivity index (χ0n) is 11.2. The van der Waals surface area contributed by atoms with E-state index in [0.717, 1.165) is 5.56 Å². The van der Waals surface area contributed by atoms with E-state index in [9.17, 15) is 14.9 Å². The van der Waals surface area contributed by atoms with Gasteiger partial charge in [0.1, 0.15) is 0 Å². The molecule has 0 radical (unpaired) electrons. The summed E-state index contributed by atoms with van der Waals surface area (Å²) in [6.07, 6.45) is -0.0705. The van der Waals surface area contributed by atoms with Crippen LogP contribution in [0.15, 0.2) is 48.5 Å². The second kappa shape index (κ2) is 6.62. The monoisotopic (exact) mass is 286 g/mol. The van der Waals surface area contributed by atoms with Gasteiger partial charge < -0.3 is 10.4 Å². The molecule has 0 fully saturated rings. The van der Waals surface area contributed by atoms with Crippen molar-refractivity contribution in [3.05, 3.63) is 69.8 Å².